The molecule has 1 aromatic rings. The van der Waals surface area contributed by atoms with E-state index in [4.69, 9.17) is 5.73 Å². The molecule has 1 saturated carbocycles. The van der Waals surface area contributed by atoms with E-state index in [0.717, 1.165) is 31.4 Å². The standard InChI is InChI=1S/C14H25N3O2S/c1-11(2)10-17(13-5-3-4-6-13)20(18,19)14-7-12(8-15)16-9-14/h7,9,11,13,16H,3-6,8,10,15H2,1-2H3. The molecule has 5 nitrogen and oxygen atoms in total. The Labute approximate surface area is 121 Å². The van der Waals surface area contributed by atoms with Crippen molar-refractivity contribution in [2.24, 2.45) is 11.7 Å². The molecule has 0 aliphatic heterocycles. The second-order valence-electron chi connectivity index (χ2n) is 5.97. The Morgan fingerprint density at radius 2 is 2.05 bits per heavy atom. The summed E-state index contributed by atoms with van der Waals surface area (Å²) >= 11 is 0. The summed E-state index contributed by atoms with van der Waals surface area (Å²) in [5.74, 6) is 0.318. The summed E-state index contributed by atoms with van der Waals surface area (Å²) in [6, 6.07) is 1.80. The average Bonchev–Trinajstić information content (AvgIpc) is 3.06. The minimum Gasteiger partial charge on any atom is -0.363 e. The van der Waals surface area contributed by atoms with E-state index >= 15 is 0 Å². The van der Waals surface area contributed by atoms with Crippen LogP contribution >= 0.6 is 0 Å². The number of hydrogen-bond donors (Lipinski definition) is 2. The number of sulfonamides is 1. The second kappa shape index (κ2) is 6.28. The summed E-state index contributed by atoms with van der Waals surface area (Å²) in [6.45, 7) is 5.01. The molecule has 1 aliphatic rings. The van der Waals surface area contributed by atoms with Crippen LogP contribution in [0.4, 0.5) is 0 Å². The maximum atomic E-state index is 12.8. The van der Waals surface area contributed by atoms with Crippen LogP contribution in [0, 0.1) is 5.92 Å². The van der Waals surface area contributed by atoms with E-state index in [1.807, 2.05) is 0 Å². The summed E-state index contributed by atoms with van der Waals surface area (Å²) in [5.41, 5.74) is 6.30. The fourth-order valence-electron chi connectivity index (χ4n) is 2.82. The Bertz CT molecular complexity index is 530. The van der Waals surface area contributed by atoms with Gasteiger partial charge < -0.3 is 10.7 Å². The average molecular weight is 299 g/mol. The molecule has 114 valence electrons. The molecule has 0 unspecified atom stereocenters. The van der Waals surface area contributed by atoms with Crippen LogP contribution in [-0.4, -0.2) is 30.3 Å². The molecule has 0 atom stereocenters. The quantitative estimate of drug-likeness (QED) is 0.844. The third-order valence-electron chi connectivity index (χ3n) is 3.82. The zero-order valence-corrected chi connectivity index (χ0v) is 13.1. The first-order chi connectivity index (χ1) is 9.45. The molecule has 1 fully saturated rings. The molecule has 1 aromatic heterocycles. The van der Waals surface area contributed by atoms with E-state index in [1.54, 1.807) is 16.6 Å². The predicted molar refractivity (Wildman–Crippen MR) is 79.7 cm³/mol. The highest BCUT2D eigenvalue weighted by atomic mass is 32.2. The minimum atomic E-state index is -3.42. The van der Waals surface area contributed by atoms with Gasteiger partial charge in [-0.25, -0.2) is 8.42 Å². The lowest BCUT2D eigenvalue weighted by molar-refractivity contribution is 0.292. The van der Waals surface area contributed by atoms with Crippen molar-refractivity contribution >= 4 is 10.0 Å². The number of aromatic nitrogens is 1. The third-order valence-corrected chi connectivity index (χ3v) is 5.72. The van der Waals surface area contributed by atoms with Crippen molar-refractivity contribution in [2.75, 3.05) is 6.54 Å². The van der Waals surface area contributed by atoms with Gasteiger partial charge in [0, 0.05) is 31.0 Å². The Morgan fingerprint density at radius 1 is 1.40 bits per heavy atom. The molecule has 2 rings (SSSR count). The van der Waals surface area contributed by atoms with Crippen LogP contribution in [0.15, 0.2) is 17.2 Å². The van der Waals surface area contributed by atoms with Crippen LogP contribution in [-0.2, 0) is 16.6 Å². The van der Waals surface area contributed by atoms with E-state index < -0.39 is 10.0 Å². The van der Waals surface area contributed by atoms with Gasteiger partial charge in [0.1, 0.15) is 0 Å². The highest BCUT2D eigenvalue weighted by Crippen LogP contribution is 2.29. The van der Waals surface area contributed by atoms with Crippen LogP contribution in [0.25, 0.3) is 0 Å². The van der Waals surface area contributed by atoms with Crippen LogP contribution < -0.4 is 5.73 Å². The van der Waals surface area contributed by atoms with Crippen molar-refractivity contribution in [3.05, 3.63) is 18.0 Å². The highest BCUT2D eigenvalue weighted by molar-refractivity contribution is 7.89. The van der Waals surface area contributed by atoms with E-state index in [-0.39, 0.29) is 6.04 Å². The number of nitrogens with one attached hydrogen (secondary N) is 1. The van der Waals surface area contributed by atoms with Crippen molar-refractivity contribution in [3.63, 3.8) is 0 Å². The molecule has 0 aromatic carbocycles. The predicted octanol–water partition coefficient (Wildman–Crippen LogP) is 2.06. The largest absolute Gasteiger partial charge is 0.363 e. The zero-order chi connectivity index (χ0) is 14.8. The van der Waals surface area contributed by atoms with E-state index in [9.17, 15) is 8.42 Å². The van der Waals surface area contributed by atoms with Crippen molar-refractivity contribution in [1.29, 1.82) is 0 Å². The molecule has 0 radical (unpaired) electrons. The Balaban J connectivity index is 2.29. The van der Waals surface area contributed by atoms with Gasteiger partial charge in [-0.2, -0.15) is 4.31 Å². The van der Waals surface area contributed by atoms with Crippen LogP contribution in [0.1, 0.15) is 45.2 Å². The van der Waals surface area contributed by atoms with Crippen molar-refractivity contribution in [3.8, 4) is 0 Å². The number of hydrogen-bond acceptors (Lipinski definition) is 3. The molecule has 0 saturated heterocycles. The Morgan fingerprint density at radius 3 is 2.55 bits per heavy atom. The van der Waals surface area contributed by atoms with Crippen LogP contribution in [0.5, 0.6) is 0 Å². The van der Waals surface area contributed by atoms with Crippen LogP contribution in [0.2, 0.25) is 0 Å². The SMILES string of the molecule is CC(C)CN(C1CCCC1)S(=O)(=O)c1c[nH]c(CN)c1. The lowest BCUT2D eigenvalue weighted by Gasteiger charge is -2.29. The van der Waals surface area contributed by atoms with Gasteiger partial charge in [0.2, 0.25) is 10.0 Å². The molecule has 0 bridgehead atoms. The smallest absolute Gasteiger partial charge is 0.244 e. The maximum absolute atomic E-state index is 12.8. The van der Waals surface area contributed by atoms with Gasteiger partial charge in [0.25, 0.3) is 0 Å². The van der Waals surface area contributed by atoms with Crippen LogP contribution in [0.3, 0.4) is 0 Å². The van der Waals surface area contributed by atoms with Gasteiger partial charge in [0.15, 0.2) is 0 Å². The van der Waals surface area contributed by atoms with Crippen molar-refractivity contribution < 1.29 is 8.42 Å². The number of nitrogens with zero attached hydrogens (tertiary/aromatic N) is 1. The fourth-order valence-corrected chi connectivity index (χ4v) is 4.68. The number of aromatic amines is 1. The molecule has 20 heavy (non-hydrogen) atoms. The molecular formula is C14H25N3O2S. The Hall–Kier alpha value is -0.850. The topological polar surface area (TPSA) is 79.2 Å². The summed E-state index contributed by atoms with van der Waals surface area (Å²) < 4.78 is 27.4. The molecular weight excluding hydrogens is 274 g/mol. The van der Waals surface area contributed by atoms with Gasteiger partial charge in [-0.1, -0.05) is 26.7 Å². The lowest BCUT2D eigenvalue weighted by Crippen LogP contribution is -2.41. The summed E-state index contributed by atoms with van der Waals surface area (Å²) in [6.07, 6.45) is 5.74. The number of rotatable bonds is 6. The van der Waals surface area contributed by atoms with Crippen molar-refractivity contribution in [1.82, 2.24) is 9.29 Å². The highest BCUT2D eigenvalue weighted by Gasteiger charge is 2.34. The third kappa shape index (κ3) is 3.24. The molecule has 0 spiro atoms. The molecule has 1 aliphatic carbocycles. The first-order valence-electron chi connectivity index (χ1n) is 7.34. The first kappa shape index (κ1) is 15.5. The number of H-pyrrole nitrogens is 1. The van der Waals surface area contributed by atoms with Gasteiger partial charge in [-0.15, -0.1) is 0 Å². The van der Waals surface area contributed by atoms with E-state index in [0.29, 0.717) is 23.9 Å². The van der Waals surface area contributed by atoms with E-state index in [1.165, 1.54) is 0 Å². The first-order valence-corrected chi connectivity index (χ1v) is 8.78. The maximum Gasteiger partial charge on any atom is 0.244 e. The van der Waals surface area contributed by atoms with Gasteiger partial charge in [-0.05, 0) is 24.8 Å². The van der Waals surface area contributed by atoms with Gasteiger partial charge in [-0.3, -0.25) is 0 Å². The molecule has 0 amide bonds. The Kier molecular flexibility index (Phi) is 4.88. The lowest BCUT2D eigenvalue weighted by atomic mass is 10.2. The molecule has 6 heteroatoms. The monoisotopic (exact) mass is 299 g/mol. The second-order valence-corrected chi connectivity index (χ2v) is 7.86. The zero-order valence-electron chi connectivity index (χ0n) is 12.3. The molecule has 1 heterocycles. The minimum absolute atomic E-state index is 0.152. The van der Waals surface area contributed by atoms with E-state index in [2.05, 4.69) is 18.8 Å². The van der Waals surface area contributed by atoms with Crippen molar-refractivity contribution in [2.45, 2.75) is 57.0 Å². The summed E-state index contributed by atoms with van der Waals surface area (Å²) in [5, 5.41) is 0. The normalized spacial score (nSPS) is 17.4. The number of nitrogens with two attached hydrogens (primary N) is 1. The van der Waals surface area contributed by atoms with Gasteiger partial charge >= 0.3 is 0 Å². The molecule has 3 N–H and O–H groups in total. The fraction of sp³-hybridized carbons (Fsp3) is 0.714. The van der Waals surface area contributed by atoms with Gasteiger partial charge in [0.05, 0.1) is 4.90 Å². The summed E-state index contributed by atoms with van der Waals surface area (Å²) in [7, 11) is -3.42. The summed E-state index contributed by atoms with van der Waals surface area (Å²) in [4.78, 5) is 3.27.